The smallest absolute Gasteiger partial charge is 0.224 e. The summed E-state index contributed by atoms with van der Waals surface area (Å²) in [5.41, 5.74) is 1.62. The highest BCUT2D eigenvalue weighted by Crippen LogP contribution is 2.10. The molecule has 0 aliphatic carbocycles. The highest BCUT2D eigenvalue weighted by atomic mass is 16.3. The van der Waals surface area contributed by atoms with Gasteiger partial charge in [-0.15, -0.1) is 0 Å². The molecule has 82 valence electrons. The van der Waals surface area contributed by atoms with Crippen molar-refractivity contribution in [2.45, 2.75) is 26.9 Å². The van der Waals surface area contributed by atoms with Gasteiger partial charge in [-0.1, -0.05) is 26.0 Å². The van der Waals surface area contributed by atoms with Crippen LogP contribution in [0.1, 0.15) is 25.8 Å². The second-order valence-electron chi connectivity index (χ2n) is 4.00. The number of nitrogens with one attached hydrogen (secondary N) is 1. The van der Waals surface area contributed by atoms with Crippen LogP contribution in [-0.4, -0.2) is 11.0 Å². The maximum atomic E-state index is 11.4. The first-order valence-corrected chi connectivity index (χ1v) is 5.11. The fourth-order valence-electron chi connectivity index (χ4n) is 1.28. The van der Waals surface area contributed by atoms with E-state index in [9.17, 15) is 4.79 Å². The highest BCUT2D eigenvalue weighted by Gasteiger charge is 2.04. The van der Waals surface area contributed by atoms with Crippen LogP contribution in [0.2, 0.25) is 0 Å². The first kappa shape index (κ1) is 11.7. The van der Waals surface area contributed by atoms with Gasteiger partial charge in [0.15, 0.2) is 0 Å². The van der Waals surface area contributed by atoms with Crippen molar-refractivity contribution in [1.82, 2.24) is 0 Å². The topological polar surface area (TPSA) is 49.3 Å². The summed E-state index contributed by atoms with van der Waals surface area (Å²) in [7, 11) is 0. The molecule has 0 heterocycles. The summed E-state index contributed by atoms with van der Waals surface area (Å²) < 4.78 is 0. The van der Waals surface area contributed by atoms with Gasteiger partial charge in [-0.3, -0.25) is 4.79 Å². The van der Waals surface area contributed by atoms with Crippen molar-refractivity contribution in [3.8, 4) is 0 Å². The van der Waals surface area contributed by atoms with Crippen molar-refractivity contribution < 1.29 is 9.90 Å². The number of hydrogen-bond donors (Lipinski definition) is 2. The van der Waals surface area contributed by atoms with Crippen LogP contribution < -0.4 is 5.32 Å². The van der Waals surface area contributed by atoms with E-state index in [0.29, 0.717) is 12.3 Å². The zero-order valence-electron chi connectivity index (χ0n) is 9.16. The minimum Gasteiger partial charge on any atom is -0.392 e. The molecule has 0 atom stereocenters. The average molecular weight is 207 g/mol. The number of carbonyl (C=O) groups excluding carboxylic acids is 1. The van der Waals surface area contributed by atoms with Crippen molar-refractivity contribution in [3.05, 3.63) is 29.8 Å². The lowest BCUT2D eigenvalue weighted by Gasteiger charge is -2.07. The quantitative estimate of drug-likeness (QED) is 0.794. The fraction of sp³-hybridized carbons (Fsp3) is 0.417. The minimum atomic E-state index is 0.0280. The van der Waals surface area contributed by atoms with E-state index < -0.39 is 0 Å². The van der Waals surface area contributed by atoms with Gasteiger partial charge in [-0.2, -0.15) is 0 Å². The standard InChI is InChI=1S/C12H17NO2/c1-9(2)7-12(15)13-11-5-3-10(8-14)4-6-11/h3-6,9,14H,7-8H2,1-2H3,(H,13,15). The van der Waals surface area contributed by atoms with Crippen molar-refractivity contribution in [2.24, 2.45) is 5.92 Å². The van der Waals surface area contributed by atoms with E-state index in [4.69, 9.17) is 5.11 Å². The van der Waals surface area contributed by atoms with Gasteiger partial charge >= 0.3 is 0 Å². The van der Waals surface area contributed by atoms with Crippen molar-refractivity contribution in [2.75, 3.05) is 5.32 Å². The van der Waals surface area contributed by atoms with Gasteiger partial charge in [0.2, 0.25) is 5.91 Å². The second-order valence-corrected chi connectivity index (χ2v) is 4.00. The number of carbonyl (C=O) groups is 1. The van der Waals surface area contributed by atoms with E-state index in [1.165, 1.54) is 0 Å². The van der Waals surface area contributed by atoms with E-state index in [2.05, 4.69) is 5.32 Å². The van der Waals surface area contributed by atoms with Crippen LogP contribution in [0.15, 0.2) is 24.3 Å². The molecule has 0 aliphatic heterocycles. The molecule has 1 aromatic rings. The lowest BCUT2D eigenvalue weighted by molar-refractivity contribution is -0.116. The van der Waals surface area contributed by atoms with Crippen LogP contribution in [-0.2, 0) is 11.4 Å². The third kappa shape index (κ3) is 4.13. The Hall–Kier alpha value is -1.35. The van der Waals surface area contributed by atoms with Gasteiger partial charge in [-0.25, -0.2) is 0 Å². The van der Waals surface area contributed by atoms with Crippen LogP contribution in [0.5, 0.6) is 0 Å². The van der Waals surface area contributed by atoms with Gasteiger partial charge in [0.25, 0.3) is 0 Å². The first-order chi connectivity index (χ1) is 7.11. The van der Waals surface area contributed by atoms with Crippen LogP contribution in [0.4, 0.5) is 5.69 Å². The molecule has 1 amide bonds. The van der Waals surface area contributed by atoms with Gasteiger partial charge in [0.05, 0.1) is 6.61 Å². The van der Waals surface area contributed by atoms with E-state index in [1.54, 1.807) is 24.3 Å². The van der Waals surface area contributed by atoms with Gasteiger partial charge in [0, 0.05) is 12.1 Å². The Morgan fingerprint density at radius 2 is 1.93 bits per heavy atom. The summed E-state index contributed by atoms with van der Waals surface area (Å²) in [6.45, 7) is 4.04. The van der Waals surface area contributed by atoms with Gasteiger partial charge in [-0.05, 0) is 23.6 Å². The Labute approximate surface area is 90.1 Å². The number of amides is 1. The molecule has 0 aliphatic rings. The van der Waals surface area contributed by atoms with E-state index in [0.717, 1.165) is 11.3 Å². The number of aliphatic hydroxyl groups is 1. The Balaban J connectivity index is 2.53. The molecule has 1 aromatic carbocycles. The third-order valence-electron chi connectivity index (χ3n) is 2.01. The molecule has 0 spiro atoms. The summed E-state index contributed by atoms with van der Waals surface area (Å²) in [6, 6.07) is 7.18. The van der Waals surface area contributed by atoms with Crippen molar-refractivity contribution >= 4 is 11.6 Å². The lowest BCUT2D eigenvalue weighted by atomic mass is 10.1. The molecule has 0 saturated carbocycles. The molecular formula is C12H17NO2. The monoisotopic (exact) mass is 207 g/mol. The molecule has 0 radical (unpaired) electrons. The molecule has 15 heavy (non-hydrogen) atoms. The lowest BCUT2D eigenvalue weighted by Crippen LogP contribution is -2.13. The fourth-order valence-corrected chi connectivity index (χ4v) is 1.28. The number of rotatable bonds is 4. The normalized spacial score (nSPS) is 10.4. The molecule has 0 saturated heterocycles. The first-order valence-electron chi connectivity index (χ1n) is 5.11. The maximum Gasteiger partial charge on any atom is 0.224 e. The molecule has 0 aromatic heterocycles. The molecule has 2 N–H and O–H groups in total. The Kier molecular flexibility index (Phi) is 4.31. The SMILES string of the molecule is CC(C)CC(=O)Nc1ccc(CO)cc1. The number of hydrogen-bond acceptors (Lipinski definition) is 2. The minimum absolute atomic E-state index is 0.0280. The predicted octanol–water partition coefficient (Wildman–Crippen LogP) is 2.16. The second kappa shape index (κ2) is 5.51. The zero-order valence-corrected chi connectivity index (χ0v) is 9.16. The van der Waals surface area contributed by atoms with E-state index in [1.807, 2.05) is 13.8 Å². The number of aliphatic hydroxyl groups excluding tert-OH is 1. The Bertz CT molecular complexity index is 317. The number of anilines is 1. The molecular weight excluding hydrogens is 190 g/mol. The molecule has 3 heteroatoms. The Morgan fingerprint density at radius 3 is 2.40 bits per heavy atom. The summed E-state index contributed by atoms with van der Waals surface area (Å²) in [4.78, 5) is 11.4. The molecule has 0 unspecified atom stereocenters. The summed E-state index contributed by atoms with van der Waals surface area (Å²) in [6.07, 6.45) is 0.530. The van der Waals surface area contributed by atoms with E-state index in [-0.39, 0.29) is 12.5 Å². The largest absolute Gasteiger partial charge is 0.392 e. The summed E-state index contributed by atoms with van der Waals surface area (Å²) in [5, 5.41) is 11.6. The van der Waals surface area contributed by atoms with Crippen molar-refractivity contribution in [1.29, 1.82) is 0 Å². The molecule has 3 nitrogen and oxygen atoms in total. The molecule has 0 bridgehead atoms. The third-order valence-corrected chi connectivity index (χ3v) is 2.01. The average Bonchev–Trinajstić information content (AvgIpc) is 2.17. The van der Waals surface area contributed by atoms with Gasteiger partial charge in [0.1, 0.15) is 0 Å². The molecule has 1 rings (SSSR count). The molecule has 0 fully saturated rings. The van der Waals surface area contributed by atoms with Crippen LogP contribution >= 0.6 is 0 Å². The van der Waals surface area contributed by atoms with Crippen LogP contribution in [0.3, 0.4) is 0 Å². The Morgan fingerprint density at radius 1 is 1.33 bits per heavy atom. The van der Waals surface area contributed by atoms with Crippen LogP contribution in [0, 0.1) is 5.92 Å². The van der Waals surface area contributed by atoms with Gasteiger partial charge < -0.3 is 10.4 Å². The zero-order chi connectivity index (χ0) is 11.3. The predicted molar refractivity (Wildman–Crippen MR) is 60.4 cm³/mol. The van der Waals surface area contributed by atoms with Crippen molar-refractivity contribution in [3.63, 3.8) is 0 Å². The maximum absolute atomic E-state index is 11.4. The number of benzene rings is 1. The van der Waals surface area contributed by atoms with E-state index >= 15 is 0 Å². The summed E-state index contributed by atoms with van der Waals surface area (Å²) in [5.74, 6) is 0.392. The highest BCUT2D eigenvalue weighted by molar-refractivity contribution is 5.90. The summed E-state index contributed by atoms with van der Waals surface area (Å²) >= 11 is 0. The van der Waals surface area contributed by atoms with Crippen LogP contribution in [0.25, 0.3) is 0 Å².